The minimum Gasteiger partial charge on any atom is -0.444 e. The number of alkyl carbamates (subject to hydrolysis) is 1. The molecule has 0 bridgehead atoms. The Morgan fingerprint density at radius 1 is 0.771 bits per heavy atom. The van der Waals surface area contributed by atoms with Gasteiger partial charge in [0.2, 0.25) is 11.8 Å². The van der Waals surface area contributed by atoms with E-state index in [2.05, 4.69) is 31.6 Å². The third-order valence-corrected chi connectivity index (χ3v) is 9.62. The summed E-state index contributed by atoms with van der Waals surface area (Å²) in [6.45, 7) is 18.2. The number of amides is 6. The van der Waals surface area contributed by atoms with Gasteiger partial charge in [0.05, 0.1) is 112 Å². The molecule has 2 rings (SSSR count). The number of hydrogen-bond donors (Lipinski definition) is 5. The van der Waals surface area contributed by atoms with E-state index in [4.69, 9.17) is 53.1 Å². The van der Waals surface area contributed by atoms with Gasteiger partial charge in [-0.3, -0.25) is 9.59 Å². The van der Waals surface area contributed by atoms with Gasteiger partial charge in [0, 0.05) is 32.9 Å². The van der Waals surface area contributed by atoms with E-state index in [9.17, 15) is 24.0 Å². The van der Waals surface area contributed by atoms with Crippen LogP contribution in [-0.2, 0) is 76.7 Å². The minimum atomic E-state index is -1.05. The zero-order chi connectivity index (χ0) is 51.6. The molecule has 1 aromatic heterocycles. The second-order valence-corrected chi connectivity index (χ2v) is 17.2. The summed E-state index contributed by atoms with van der Waals surface area (Å²) in [6.07, 6.45) is 0.737. The van der Waals surface area contributed by atoms with Gasteiger partial charge in [0.1, 0.15) is 30.0 Å². The van der Waals surface area contributed by atoms with Crippen LogP contribution in [0.25, 0.3) is 0 Å². The fraction of sp³-hybridized carbons (Fsp3) is 0.717. The zero-order valence-electron chi connectivity index (χ0n) is 42.4. The number of anilines is 1. The van der Waals surface area contributed by atoms with Crippen LogP contribution in [0.2, 0.25) is 0 Å². The Labute approximate surface area is 411 Å². The predicted molar refractivity (Wildman–Crippen MR) is 256 cm³/mol. The number of nitrogens with zero attached hydrogens (tertiary/aromatic N) is 4. The quantitative estimate of drug-likeness (QED) is 0.0604. The summed E-state index contributed by atoms with van der Waals surface area (Å²) < 4.78 is 55.7. The first kappa shape index (κ1) is 60.9. The van der Waals surface area contributed by atoms with Gasteiger partial charge in [0.25, 0.3) is 0 Å². The van der Waals surface area contributed by atoms with E-state index in [1.54, 1.807) is 77.9 Å². The number of primary amides is 1. The van der Waals surface area contributed by atoms with E-state index in [0.717, 1.165) is 11.1 Å². The first-order chi connectivity index (χ1) is 33.5. The van der Waals surface area contributed by atoms with Crippen molar-refractivity contribution in [2.75, 3.05) is 125 Å². The van der Waals surface area contributed by atoms with Crippen molar-refractivity contribution in [2.45, 2.75) is 91.8 Å². The molecule has 398 valence electrons. The number of ether oxygens (including phenoxy) is 10. The van der Waals surface area contributed by atoms with Crippen LogP contribution < -0.4 is 27.0 Å². The molecule has 24 heteroatoms. The predicted octanol–water partition coefficient (Wildman–Crippen LogP) is 2.54. The fourth-order valence-corrected chi connectivity index (χ4v) is 5.97. The zero-order valence-corrected chi connectivity index (χ0v) is 42.4. The van der Waals surface area contributed by atoms with E-state index in [0.29, 0.717) is 123 Å². The number of nitrogens with one attached hydrogen (secondary N) is 4. The van der Waals surface area contributed by atoms with Gasteiger partial charge in [-0.15, -0.1) is 5.10 Å². The molecule has 0 radical (unpaired) electrons. The van der Waals surface area contributed by atoms with Gasteiger partial charge >= 0.3 is 18.2 Å². The van der Waals surface area contributed by atoms with Gasteiger partial charge in [-0.1, -0.05) is 25.1 Å². The fourth-order valence-electron chi connectivity index (χ4n) is 5.97. The van der Waals surface area contributed by atoms with Crippen LogP contribution in [-0.4, -0.2) is 187 Å². The smallest absolute Gasteiger partial charge is 0.410 e. The minimum absolute atomic E-state index is 0.105. The van der Waals surface area contributed by atoms with Crippen molar-refractivity contribution in [3.05, 3.63) is 41.2 Å². The molecule has 2 aromatic rings. The summed E-state index contributed by atoms with van der Waals surface area (Å²) >= 11 is 0. The lowest BCUT2D eigenvalue weighted by Crippen LogP contribution is -2.55. The Bertz CT molecular complexity index is 1800. The Kier molecular flexibility index (Phi) is 31.2. The van der Waals surface area contributed by atoms with Crippen LogP contribution in [0.15, 0.2) is 24.4 Å². The molecular formula is C46H79N9O15. The summed E-state index contributed by atoms with van der Waals surface area (Å²) in [5.74, 6) is -1.47. The molecule has 1 aromatic carbocycles. The molecule has 70 heavy (non-hydrogen) atoms. The molecule has 0 aliphatic carbocycles. The van der Waals surface area contributed by atoms with Crippen LogP contribution >= 0.6 is 0 Å². The number of methoxy groups -OCH3 is 1. The molecule has 24 nitrogen and oxygen atoms in total. The van der Waals surface area contributed by atoms with Crippen LogP contribution in [0, 0.1) is 12.8 Å². The monoisotopic (exact) mass is 998 g/mol. The van der Waals surface area contributed by atoms with Crippen molar-refractivity contribution in [3.8, 4) is 0 Å². The number of benzene rings is 1. The van der Waals surface area contributed by atoms with Gasteiger partial charge in [-0.25, -0.2) is 19.1 Å². The van der Waals surface area contributed by atoms with E-state index in [-0.39, 0.29) is 32.0 Å². The van der Waals surface area contributed by atoms with Gasteiger partial charge in [-0.2, -0.15) is 0 Å². The lowest BCUT2D eigenvalue weighted by Gasteiger charge is -2.27. The van der Waals surface area contributed by atoms with E-state index in [1.165, 1.54) is 4.90 Å². The number of nitrogens with two attached hydrogens (primary N) is 1. The third kappa shape index (κ3) is 29.1. The summed E-state index contributed by atoms with van der Waals surface area (Å²) in [5.41, 5.74) is 6.85. The standard InChI is InChI=1S/C46H79N9O15/c1-34(2)40(51-44(59)70-46(4,5)6)42(57)50-39(10-9-13-48-43(47)58)41(56)49-37-12-11-35(3)36(30-37)31-54(7)45(60)69-33-38-32-55(53-52-38)14-15-62-18-19-64-22-23-66-26-27-68-29-28-67-25-24-65-21-20-63-17-16-61-8/h11-12,30,32,34,39-40H,9-10,13-29,31,33H2,1-8H3,(H,49,56)(H,50,57)(H,51,59)(H3,47,48,58)/t39-,40-/m0/s1. The highest BCUT2D eigenvalue weighted by molar-refractivity contribution is 5.98. The average Bonchev–Trinajstić information content (AvgIpc) is 3.76. The number of hydrogen-bond acceptors (Lipinski definition) is 17. The van der Waals surface area contributed by atoms with Crippen molar-refractivity contribution in [2.24, 2.45) is 11.7 Å². The second kappa shape index (κ2) is 35.8. The van der Waals surface area contributed by atoms with E-state index >= 15 is 0 Å². The largest absolute Gasteiger partial charge is 0.444 e. The Balaban J connectivity index is 1.69. The lowest BCUT2D eigenvalue weighted by atomic mass is 10.0. The van der Waals surface area contributed by atoms with Crippen molar-refractivity contribution in [1.29, 1.82) is 0 Å². The highest BCUT2D eigenvalue weighted by Gasteiger charge is 2.30. The van der Waals surface area contributed by atoms with Crippen molar-refractivity contribution in [3.63, 3.8) is 0 Å². The summed E-state index contributed by atoms with van der Waals surface area (Å²) in [4.78, 5) is 65.3. The maximum atomic E-state index is 13.7. The maximum absolute atomic E-state index is 13.7. The first-order valence-electron chi connectivity index (χ1n) is 23.5. The first-order valence-corrected chi connectivity index (χ1v) is 23.5. The van der Waals surface area contributed by atoms with E-state index in [1.807, 2.05) is 6.92 Å². The van der Waals surface area contributed by atoms with Crippen LogP contribution in [0.1, 0.15) is 64.3 Å². The molecule has 0 unspecified atom stereocenters. The van der Waals surface area contributed by atoms with Crippen molar-refractivity contribution in [1.82, 2.24) is 35.8 Å². The lowest BCUT2D eigenvalue weighted by molar-refractivity contribution is -0.128. The highest BCUT2D eigenvalue weighted by Crippen LogP contribution is 2.19. The number of carbonyl (C=O) groups excluding carboxylic acids is 5. The SMILES string of the molecule is COCCOCCOCCOCCOCCOCCOCCOCCn1cc(COC(=O)N(C)Cc2cc(NC(=O)[C@H](CCCNC(N)=O)NC(=O)[C@@H](NC(=O)OC(C)(C)C)C(C)C)ccc2C)nn1. The summed E-state index contributed by atoms with van der Waals surface area (Å²) in [5, 5.41) is 18.8. The van der Waals surface area contributed by atoms with Gasteiger partial charge in [0.15, 0.2) is 0 Å². The number of aromatic nitrogens is 3. The molecule has 0 aliphatic heterocycles. The molecule has 0 saturated heterocycles. The topological polar surface area (TPSA) is 286 Å². The summed E-state index contributed by atoms with van der Waals surface area (Å²) in [6, 6.07) is 2.44. The second-order valence-electron chi connectivity index (χ2n) is 17.2. The molecule has 6 amide bonds. The van der Waals surface area contributed by atoms with Crippen LogP contribution in [0.4, 0.5) is 20.1 Å². The average molecular weight is 998 g/mol. The molecule has 0 fully saturated rings. The normalized spacial score (nSPS) is 12.3. The van der Waals surface area contributed by atoms with Crippen LogP contribution in [0.3, 0.4) is 0 Å². The Hall–Kier alpha value is -5.21. The molecule has 6 N–H and O–H groups in total. The third-order valence-electron chi connectivity index (χ3n) is 9.62. The number of aryl methyl sites for hydroxylation is 1. The number of carbonyl (C=O) groups is 5. The Morgan fingerprint density at radius 3 is 1.83 bits per heavy atom. The van der Waals surface area contributed by atoms with Crippen LogP contribution in [0.5, 0.6) is 0 Å². The highest BCUT2D eigenvalue weighted by atomic mass is 16.6. The van der Waals surface area contributed by atoms with Gasteiger partial charge < -0.3 is 79.3 Å². The van der Waals surface area contributed by atoms with Crippen molar-refractivity contribution >= 4 is 35.7 Å². The molecular weight excluding hydrogens is 919 g/mol. The molecule has 0 spiro atoms. The summed E-state index contributed by atoms with van der Waals surface area (Å²) in [7, 11) is 3.21. The molecule has 2 atom stereocenters. The Morgan fingerprint density at radius 2 is 1.31 bits per heavy atom. The van der Waals surface area contributed by atoms with Gasteiger partial charge in [-0.05, 0) is 69.7 Å². The number of rotatable bonds is 38. The molecule has 1 heterocycles. The molecule has 0 aliphatic rings. The van der Waals surface area contributed by atoms with Crippen molar-refractivity contribution < 1.29 is 71.3 Å². The molecule has 0 saturated carbocycles. The number of urea groups is 1. The maximum Gasteiger partial charge on any atom is 0.410 e. The van der Waals surface area contributed by atoms with E-state index < -0.39 is 47.7 Å².